The van der Waals surface area contributed by atoms with Gasteiger partial charge in [-0.25, -0.2) is 4.98 Å². The van der Waals surface area contributed by atoms with Crippen molar-refractivity contribution in [2.75, 3.05) is 11.9 Å². The second-order valence-corrected chi connectivity index (χ2v) is 7.04. The van der Waals surface area contributed by atoms with Crippen molar-refractivity contribution in [1.82, 2.24) is 4.98 Å². The van der Waals surface area contributed by atoms with Gasteiger partial charge in [0.1, 0.15) is 0 Å². The number of nitrogens with one attached hydrogen (secondary N) is 1. The SMILES string of the molecule is CC1CCc2nc(NC(=O)CCC3CCCO3)sc2C1. The Morgan fingerprint density at radius 2 is 2.40 bits per heavy atom. The monoisotopic (exact) mass is 294 g/mol. The van der Waals surface area contributed by atoms with Crippen molar-refractivity contribution in [2.45, 2.75) is 58.0 Å². The van der Waals surface area contributed by atoms with Crippen molar-refractivity contribution < 1.29 is 9.53 Å². The summed E-state index contributed by atoms with van der Waals surface area (Å²) in [6.07, 6.45) is 7.24. The highest BCUT2D eigenvalue weighted by Gasteiger charge is 2.21. The average Bonchev–Trinajstić information content (AvgIpc) is 3.04. The number of hydrogen-bond donors (Lipinski definition) is 1. The van der Waals surface area contributed by atoms with Crippen molar-refractivity contribution in [2.24, 2.45) is 5.92 Å². The van der Waals surface area contributed by atoms with Crippen LogP contribution in [0.4, 0.5) is 5.13 Å². The van der Waals surface area contributed by atoms with Crippen LogP contribution < -0.4 is 5.32 Å². The van der Waals surface area contributed by atoms with Crippen LogP contribution in [0.1, 0.15) is 49.6 Å². The highest BCUT2D eigenvalue weighted by atomic mass is 32.1. The predicted octanol–water partition coefficient (Wildman–Crippen LogP) is 3.17. The van der Waals surface area contributed by atoms with Crippen LogP contribution in [0.25, 0.3) is 0 Å². The van der Waals surface area contributed by atoms with Gasteiger partial charge in [-0.1, -0.05) is 6.92 Å². The Morgan fingerprint density at radius 3 is 3.20 bits per heavy atom. The maximum absolute atomic E-state index is 11.9. The van der Waals surface area contributed by atoms with Crippen LogP contribution in [0.2, 0.25) is 0 Å². The summed E-state index contributed by atoms with van der Waals surface area (Å²) >= 11 is 1.65. The number of ether oxygens (including phenoxy) is 1. The Balaban J connectivity index is 1.51. The maximum atomic E-state index is 11.9. The standard InChI is InChI=1S/C15H22N2O2S/c1-10-4-6-12-13(9-10)20-15(16-12)17-14(18)7-5-11-3-2-8-19-11/h10-11H,2-9H2,1H3,(H,16,17,18). The molecule has 2 aliphatic rings. The predicted molar refractivity (Wildman–Crippen MR) is 80.1 cm³/mol. The number of anilines is 1. The van der Waals surface area contributed by atoms with Gasteiger partial charge in [0.25, 0.3) is 0 Å². The first-order chi connectivity index (χ1) is 9.70. The molecule has 20 heavy (non-hydrogen) atoms. The summed E-state index contributed by atoms with van der Waals surface area (Å²) in [6.45, 7) is 3.13. The van der Waals surface area contributed by atoms with Gasteiger partial charge in [-0.15, -0.1) is 11.3 Å². The van der Waals surface area contributed by atoms with Gasteiger partial charge in [-0.05, 0) is 44.4 Å². The number of rotatable bonds is 4. The summed E-state index contributed by atoms with van der Waals surface area (Å²) in [5.74, 6) is 0.811. The molecule has 1 aliphatic carbocycles. The molecule has 2 unspecified atom stereocenters. The number of aryl methyl sites for hydroxylation is 1. The third-order valence-electron chi connectivity index (χ3n) is 4.15. The summed E-state index contributed by atoms with van der Waals surface area (Å²) in [5, 5.41) is 3.73. The van der Waals surface area contributed by atoms with E-state index in [1.165, 1.54) is 17.0 Å². The van der Waals surface area contributed by atoms with Crippen molar-refractivity contribution in [3.8, 4) is 0 Å². The fourth-order valence-corrected chi connectivity index (χ4v) is 4.13. The highest BCUT2D eigenvalue weighted by molar-refractivity contribution is 7.15. The molecule has 1 aliphatic heterocycles. The Labute approximate surface area is 123 Å². The zero-order valence-electron chi connectivity index (χ0n) is 12.0. The Morgan fingerprint density at radius 1 is 1.50 bits per heavy atom. The molecule has 1 aromatic rings. The van der Waals surface area contributed by atoms with Crippen LogP contribution in [0.15, 0.2) is 0 Å². The molecule has 1 amide bonds. The minimum absolute atomic E-state index is 0.0691. The lowest BCUT2D eigenvalue weighted by Crippen LogP contribution is -2.15. The van der Waals surface area contributed by atoms with E-state index in [1.807, 2.05) is 0 Å². The molecule has 5 heteroatoms. The van der Waals surface area contributed by atoms with E-state index >= 15 is 0 Å². The molecule has 4 nitrogen and oxygen atoms in total. The summed E-state index contributed by atoms with van der Waals surface area (Å²) in [7, 11) is 0. The molecule has 3 rings (SSSR count). The molecule has 2 atom stereocenters. The van der Waals surface area contributed by atoms with E-state index in [0.717, 1.165) is 49.8 Å². The first kappa shape index (κ1) is 14.0. The molecule has 1 fully saturated rings. The fraction of sp³-hybridized carbons (Fsp3) is 0.733. The number of nitrogens with zero attached hydrogens (tertiary/aromatic N) is 1. The first-order valence-electron chi connectivity index (χ1n) is 7.60. The third kappa shape index (κ3) is 3.38. The minimum atomic E-state index is 0.0691. The van der Waals surface area contributed by atoms with Crippen molar-refractivity contribution in [3.05, 3.63) is 10.6 Å². The number of fused-ring (bicyclic) bond motifs is 1. The van der Waals surface area contributed by atoms with E-state index in [9.17, 15) is 4.79 Å². The lowest BCUT2D eigenvalue weighted by molar-refractivity contribution is -0.116. The van der Waals surface area contributed by atoms with Gasteiger partial charge in [-0.2, -0.15) is 0 Å². The lowest BCUT2D eigenvalue weighted by Gasteiger charge is -2.15. The molecule has 2 heterocycles. The van der Waals surface area contributed by atoms with Gasteiger partial charge in [0.15, 0.2) is 5.13 Å². The second-order valence-electron chi connectivity index (χ2n) is 5.96. The van der Waals surface area contributed by atoms with E-state index in [2.05, 4.69) is 17.2 Å². The Bertz CT molecular complexity index is 480. The zero-order valence-corrected chi connectivity index (χ0v) is 12.8. The van der Waals surface area contributed by atoms with E-state index < -0.39 is 0 Å². The maximum Gasteiger partial charge on any atom is 0.226 e. The van der Waals surface area contributed by atoms with Gasteiger partial charge >= 0.3 is 0 Å². The van der Waals surface area contributed by atoms with Crippen molar-refractivity contribution in [1.29, 1.82) is 0 Å². The number of amides is 1. The summed E-state index contributed by atoms with van der Waals surface area (Å²) < 4.78 is 5.54. The van der Waals surface area contributed by atoms with Crippen LogP contribution in [-0.2, 0) is 22.4 Å². The van der Waals surface area contributed by atoms with E-state index in [0.29, 0.717) is 6.42 Å². The molecule has 0 bridgehead atoms. The lowest BCUT2D eigenvalue weighted by atomic mass is 9.93. The quantitative estimate of drug-likeness (QED) is 0.928. The summed E-state index contributed by atoms with van der Waals surface area (Å²) in [6, 6.07) is 0. The second kappa shape index (κ2) is 6.22. The topological polar surface area (TPSA) is 51.2 Å². The molecular formula is C15H22N2O2S. The van der Waals surface area contributed by atoms with Crippen LogP contribution in [0, 0.1) is 5.92 Å². The average molecular weight is 294 g/mol. The van der Waals surface area contributed by atoms with Gasteiger partial charge in [0.2, 0.25) is 5.91 Å². The van der Waals surface area contributed by atoms with Gasteiger partial charge in [-0.3, -0.25) is 4.79 Å². The number of carbonyl (C=O) groups is 1. The molecule has 0 saturated carbocycles. The smallest absolute Gasteiger partial charge is 0.226 e. The van der Waals surface area contributed by atoms with Gasteiger partial charge in [0, 0.05) is 17.9 Å². The summed E-state index contributed by atoms with van der Waals surface area (Å²) in [4.78, 5) is 17.9. The van der Waals surface area contributed by atoms with Crippen molar-refractivity contribution in [3.63, 3.8) is 0 Å². The molecular weight excluding hydrogens is 272 g/mol. The van der Waals surface area contributed by atoms with Crippen LogP contribution >= 0.6 is 11.3 Å². The molecule has 1 N–H and O–H groups in total. The number of carbonyl (C=O) groups excluding carboxylic acids is 1. The molecule has 110 valence electrons. The number of hydrogen-bond acceptors (Lipinski definition) is 4. The Kier molecular flexibility index (Phi) is 4.36. The van der Waals surface area contributed by atoms with Gasteiger partial charge in [0.05, 0.1) is 11.8 Å². The number of aromatic nitrogens is 1. The van der Waals surface area contributed by atoms with E-state index in [1.54, 1.807) is 11.3 Å². The van der Waals surface area contributed by atoms with Crippen LogP contribution in [0.3, 0.4) is 0 Å². The molecule has 0 aromatic carbocycles. The van der Waals surface area contributed by atoms with Gasteiger partial charge < -0.3 is 10.1 Å². The highest BCUT2D eigenvalue weighted by Crippen LogP contribution is 2.32. The molecule has 0 radical (unpaired) electrons. The molecule has 1 aromatic heterocycles. The largest absolute Gasteiger partial charge is 0.378 e. The number of thiazole rings is 1. The normalized spacial score (nSPS) is 25.4. The van der Waals surface area contributed by atoms with E-state index in [4.69, 9.17) is 4.74 Å². The van der Waals surface area contributed by atoms with Crippen molar-refractivity contribution >= 4 is 22.4 Å². The third-order valence-corrected chi connectivity index (χ3v) is 5.19. The zero-order chi connectivity index (χ0) is 13.9. The first-order valence-corrected chi connectivity index (χ1v) is 8.42. The molecule has 0 spiro atoms. The van der Waals surface area contributed by atoms with Crippen LogP contribution in [0.5, 0.6) is 0 Å². The van der Waals surface area contributed by atoms with E-state index in [-0.39, 0.29) is 12.0 Å². The molecule has 1 saturated heterocycles. The summed E-state index contributed by atoms with van der Waals surface area (Å²) in [5.41, 5.74) is 1.20. The Hall–Kier alpha value is -0.940. The van der Waals surface area contributed by atoms with Crippen LogP contribution in [-0.4, -0.2) is 23.6 Å². The fourth-order valence-electron chi connectivity index (χ4n) is 2.94. The minimum Gasteiger partial charge on any atom is -0.378 e.